The number of nitrogens with two attached hydrogens (primary N) is 1. The quantitative estimate of drug-likeness (QED) is 0.345. The Morgan fingerprint density at radius 1 is 0.737 bits per heavy atom. The standard InChI is InChI=1S/C17H37NO/c1-3-4-5-6-7-8-9-10-11-12-13-14-15-16(2)17(18)19/h16-17,19H,3-15,18H2,1-2H3. The molecule has 2 nitrogen and oxygen atoms in total. The maximum absolute atomic E-state index is 9.18. The summed E-state index contributed by atoms with van der Waals surface area (Å²) in [6.45, 7) is 4.30. The van der Waals surface area contributed by atoms with Crippen LogP contribution in [0.3, 0.4) is 0 Å². The predicted octanol–water partition coefficient (Wildman–Crippen LogP) is 4.99. The molecular weight excluding hydrogens is 234 g/mol. The van der Waals surface area contributed by atoms with Crippen LogP contribution in [0.5, 0.6) is 0 Å². The Morgan fingerprint density at radius 2 is 1.11 bits per heavy atom. The SMILES string of the molecule is CCCCCCCCCCCCCCC(C)C(N)O. The number of aliphatic hydroxyl groups is 1. The average molecular weight is 271 g/mol. The second-order valence-corrected chi connectivity index (χ2v) is 6.15. The second kappa shape index (κ2) is 14.3. The molecule has 0 aromatic rings. The van der Waals surface area contributed by atoms with Gasteiger partial charge in [-0.15, -0.1) is 0 Å². The van der Waals surface area contributed by atoms with Crippen LogP contribution < -0.4 is 5.73 Å². The minimum atomic E-state index is -0.632. The van der Waals surface area contributed by atoms with Gasteiger partial charge in [-0.3, -0.25) is 0 Å². The molecule has 19 heavy (non-hydrogen) atoms. The largest absolute Gasteiger partial charge is 0.379 e. The van der Waals surface area contributed by atoms with E-state index in [1.165, 1.54) is 77.0 Å². The summed E-state index contributed by atoms with van der Waals surface area (Å²) < 4.78 is 0. The molecule has 0 saturated carbocycles. The molecule has 2 heteroatoms. The van der Waals surface area contributed by atoms with E-state index in [4.69, 9.17) is 5.73 Å². The second-order valence-electron chi connectivity index (χ2n) is 6.15. The van der Waals surface area contributed by atoms with Crippen molar-refractivity contribution in [3.8, 4) is 0 Å². The van der Waals surface area contributed by atoms with Crippen LogP contribution in [0.2, 0.25) is 0 Å². The van der Waals surface area contributed by atoms with E-state index < -0.39 is 6.23 Å². The number of rotatable bonds is 14. The predicted molar refractivity (Wildman–Crippen MR) is 85.1 cm³/mol. The summed E-state index contributed by atoms with van der Waals surface area (Å²) in [6.07, 6.45) is 17.0. The molecule has 0 radical (unpaired) electrons. The van der Waals surface area contributed by atoms with E-state index in [1.54, 1.807) is 0 Å². The van der Waals surface area contributed by atoms with Gasteiger partial charge in [-0.05, 0) is 12.3 Å². The van der Waals surface area contributed by atoms with Gasteiger partial charge in [0.2, 0.25) is 0 Å². The van der Waals surface area contributed by atoms with Crippen molar-refractivity contribution in [1.82, 2.24) is 0 Å². The first-order valence-electron chi connectivity index (χ1n) is 8.62. The van der Waals surface area contributed by atoms with Gasteiger partial charge in [0.25, 0.3) is 0 Å². The molecule has 2 atom stereocenters. The Labute approximate surface area is 121 Å². The third kappa shape index (κ3) is 14.1. The highest BCUT2D eigenvalue weighted by molar-refractivity contribution is 4.58. The average Bonchev–Trinajstić information content (AvgIpc) is 2.39. The van der Waals surface area contributed by atoms with Crippen molar-refractivity contribution in [2.24, 2.45) is 11.7 Å². The van der Waals surface area contributed by atoms with Gasteiger partial charge in [-0.1, -0.05) is 90.9 Å². The zero-order valence-corrected chi connectivity index (χ0v) is 13.4. The first-order valence-corrected chi connectivity index (χ1v) is 8.62. The Bertz CT molecular complexity index is 171. The van der Waals surface area contributed by atoms with Gasteiger partial charge in [0, 0.05) is 0 Å². The molecule has 0 saturated heterocycles. The molecule has 0 aromatic heterocycles. The Hall–Kier alpha value is -0.0800. The number of aliphatic hydroxyl groups excluding tert-OH is 1. The number of hydrogen-bond acceptors (Lipinski definition) is 2. The molecule has 0 spiro atoms. The Morgan fingerprint density at radius 3 is 1.47 bits per heavy atom. The van der Waals surface area contributed by atoms with Crippen LogP contribution in [0.15, 0.2) is 0 Å². The van der Waals surface area contributed by atoms with Crippen molar-refractivity contribution in [3.63, 3.8) is 0 Å². The lowest BCUT2D eigenvalue weighted by atomic mass is 10.0. The highest BCUT2D eigenvalue weighted by atomic mass is 16.3. The fourth-order valence-electron chi connectivity index (χ4n) is 2.48. The summed E-state index contributed by atoms with van der Waals surface area (Å²) in [6, 6.07) is 0. The molecule has 0 aromatic carbocycles. The Kier molecular flexibility index (Phi) is 14.3. The smallest absolute Gasteiger partial charge is 0.104 e. The van der Waals surface area contributed by atoms with Gasteiger partial charge >= 0.3 is 0 Å². The molecule has 0 aliphatic heterocycles. The van der Waals surface area contributed by atoms with Gasteiger partial charge in [-0.2, -0.15) is 0 Å². The molecule has 0 heterocycles. The molecule has 116 valence electrons. The third-order valence-electron chi connectivity index (χ3n) is 4.10. The van der Waals surface area contributed by atoms with Crippen LogP contribution in [0.4, 0.5) is 0 Å². The van der Waals surface area contributed by atoms with Gasteiger partial charge in [0.15, 0.2) is 0 Å². The van der Waals surface area contributed by atoms with E-state index in [1.807, 2.05) is 6.92 Å². The highest BCUT2D eigenvalue weighted by Gasteiger charge is 2.07. The summed E-state index contributed by atoms with van der Waals surface area (Å²) in [5.74, 6) is 0.253. The molecule has 3 N–H and O–H groups in total. The van der Waals surface area contributed by atoms with Crippen molar-refractivity contribution >= 4 is 0 Å². The molecule has 0 aliphatic rings. The molecule has 0 rings (SSSR count). The summed E-state index contributed by atoms with van der Waals surface area (Å²) in [4.78, 5) is 0. The third-order valence-corrected chi connectivity index (χ3v) is 4.10. The number of hydrogen-bond donors (Lipinski definition) is 2. The van der Waals surface area contributed by atoms with Crippen molar-refractivity contribution in [1.29, 1.82) is 0 Å². The van der Waals surface area contributed by atoms with Crippen LogP contribution in [0, 0.1) is 5.92 Å². The summed E-state index contributed by atoms with van der Waals surface area (Å²) in [5.41, 5.74) is 5.43. The zero-order chi connectivity index (χ0) is 14.3. The van der Waals surface area contributed by atoms with Crippen molar-refractivity contribution in [2.75, 3.05) is 0 Å². The van der Waals surface area contributed by atoms with Crippen LogP contribution >= 0.6 is 0 Å². The minimum Gasteiger partial charge on any atom is -0.379 e. The molecule has 0 amide bonds. The van der Waals surface area contributed by atoms with Crippen LogP contribution in [0.25, 0.3) is 0 Å². The molecule has 2 unspecified atom stereocenters. The lowest BCUT2D eigenvalue weighted by Gasteiger charge is -2.13. The lowest BCUT2D eigenvalue weighted by molar-refractivity contribution is 0.117. The van der Waals surface area contributed by atoms with Gasteiger partial charge in [0.05, 0.1) is 0 Å². The maximum Gasteiger partial charge on any atom is 0.104 e. The van der Waals surface area contributed by atoms with Crippen molar-refractivity contribution < 1.29 is 5.11 Å². The molecular formula is C17H37NO. The van der Waals surface area contributed by atoms with Crippen molar-refractivity contribution in [2.45, 2.75) is 104 Å². The first kappa shape index (κ1) is 18.9. The van der Waals surface area contributed by atoms with E-state index in [-0.39, 0.29) is 5.92 Å². The van der Waals surface area contributed by atoms with E-state index in [9.17, 15) is 5.11 Å². The summed E-state index contributed by atoms with van der Waals surface area (Å²) in [5, 5.41) is 9.18. The van der Waals surface area contributed by atoms with E-state index in [2.05, 4.69) is 6.92 Å². The summed E-state index contributed by atoms with van der Waals surface area (Å²) >= 11 is 0. The monoisotopic (exact) mass is 271 g/mol. The van der Waals surface area contributed by atoms with Crippen LogP contribution in [-0.4, -0.2) is 11.3 Å². The van der Waals surface area contributed by atoms with Gasteiger partial charge in [0.1, 0.15) is 6.23 Å². The summed E-state index contributed by atoms with van der Waals surface area (Å²) in [7, 11) is 0. The van der Waals surface area contributed by atoms with Crippen LogP contribution in [0.1, 0.15) is 97.3 Å². The molecule has 0 bridgehead atoms. The van der Waals surface area contributed by atoms with E-state index in [0.717, 1.165) is 6.42 Å². The fourth-order valence-corrected chi connectivity index (χ4v) is 2.48. The fraction of sp³-hybridized carbons (Fsp3) is 1.00. The molecule has 0 aliphatic carbocycles. The minimum absolute atomic E-state index is 0.253. The zero-order valence-electron chi connectivity index (χ0n) is 13.4. The molecule has 0 fully saturated rings. The Balaban J connectivity index is 3.03. The van der Waals surface area contributed by atoms with Gasteiger partial charge in [-0.25, -0.2) is 0 Å². The first-order chi connectivity index (χ1) is 9.18. The lowest BCUT2D eigenvalue weighted by Crippen LogP contribution is -2.27. The highest BCUT2D eigenvalue weighted by Crippen LogP contribution is 2.14. The van der Waals surface area contributed by atoms with E-state index >= 15 is 0 Å². The van der Waals surface area contributed by atoms with E-state index in [0.29, 0.717) is 0 Å². The number of unbranched alkanes of at least 4 members (excludes halogenated alkanes) is 11. The maximum atomic E-state index is 9.18. The topological polar surface area (TPSA) is 46.2 Å². The van der Waals surface area contributed by atoms with Crippen LogP contribution in [-0.2, 0) is 0 Å². The normalized spacial score (nSPS) is 14.5. The van der Waals surface area contributed by atoms with Crippen molar-refractivity contribution in [3.05, 3.63) is 0 Å². The van der Waals surface area contributed by atoms with Gasteiger partial charge < -0.3 is 10.8 Å².